The van der Waals surface area contributed by atoms with E-state index in [2.05, 4.69) is 34.6 Å². The van der Waals surface area contributed by atoms with Gasteiger partial charge in [0.05, 0.1) is 18.0 Å². The number of hydrogen-bond donors (Lipinski definition) is 2. The summed E-state index contributed by atoms with van der Waals surface area (Å²) in [5.41, 5.74) is 0.0101. The van der Waals surface area contributed by atoms with Gasteiger partial charge >= 0.3 is 5.69 Å². The first-order chi connectivity index (χ1) is 12.0. The highest BCUT2D eigenvalue weighted by atomic mass is 16.6. The molecule has 1 aliphatic carbocycles. The molecular weight excluding hydrogens is 320 g/mol. The fourth-order valence-corrected chi connectivity index (χ4v) is 3.28. The molecule has 0 spiro atoms. The van der Waals surface area contributed by atoms with Gasteiger partial charge in [-0.25, -0.2) is 0 Å². The number of guanidine groups is 1. The van der Waals surface area contributed by atoms with E-state index < -0.39 is 4.92 Å². The highest BCUT2D eigenvalue weighted by molar-refractivity contribution is 5.80. The maximum Gasteiger partial charge on any atom is 0.306 e. The molecule has 0 aromatic carbocycles. The lowest BCUT2D eigenvalue weighted by Crippen LogP contribution is -2.45. The fourth-order valence-electron chi connectivity index (χ4n) is 3.28. The minimum absolute atomic E-state index is 0.0101. The topological polar surface area (TPSA) is 97.4 Å². The van der Waals surface area contributed by atoms with E-state index in [9.17, 15) is 10.1 Å². The molecule has 0 aliphatic heterocycles. The van der Waals surface area contributed by atoms with Crippen molar-refractivity contribution in [2.24, 2.45) is 16.8 Å². The Kier molecular flexibility index (Phi) is 7.21. The highest BCUT2D eigenvalue weighted by Crippen LogP contribution is 2.29. The summed E-state index contributed by atoms with van der Waals surface area (Å²) in [5.74, 6) is 2.42. The van der Waals surface area contributed by atoms with E-state index in [1.54, 1.807) is 4.68 Å². The summed E-state index contributed by atoms with van der Waals surface area (Å²) in [6, 6.07) is 0.471. The van der Waals surface area contributed by atoms with Gasteiger partial charge in [-0.3, -0.25) is 19.8 Å². The molecule has 1 fully saturated rings. The van der Waals surface area contributed by atoms with Gasteiger partial charge in [-0.2, -0.15) is 5.10 Å². The van der Waals surface area contributed by atoms with E-state index in [4.69, 9.17) is 0 Å². The quantitative estimate of drug-likeness (QED) is 0.341. The molecule has 0 amide bonds. The number of aliphatic imine (C=N–C) groups is 1. The molecule has 0 saturated heterocycles. The SMILES string of the molecule is CCNC(=NCCn1cc([N+](=O)[O-])cn1)NC1CCC(C(C)C)CC1. The van der Waals surface area contributed by atoms with Gasteiger partial charge in [0.2, 0.25) is 0 Å². The Balaban J connectivity index is 1.82. The molecule has 0 bridgehead atoms. The van der Waals surface area contributed by atoms with Crippen LogP contribution in [0.25, 0.3) is 0 Å². The summed E-state index contributed by atoms with van der Waals surface area (Å²) in [6.07, 6.45) is 7.60. The van der Waals surface area contributed by atoms with Crippen molar-refractivity contribution in [2.45, 2.75) is 59.0 Å². The predicted molar refractivity (Wildman–Crippen MR) is 98.6 cm³/mol. The molecule has 0 unspecified atom stereocenters. The Morgan fingerprint density at radius 3 is 2.72 bits per heavy atom. The minimum atomic E-state index is -0.439. The Labute approximate surface area is 149 Å². The molecule has 1 saturated carbocycles. The van der Waals surface area contributed by atoms with Crippen molar-refractivity contribution < 1.29 is 4.92 Å². The van der Waals surface area contributed by atoms with Gasteiger partial charge in [0, 0.05) is 12.6 Å². The van der Waals surface area contributed by atoms with Crippen LogP contribution in [0.5, 0.6) is 0 Å². The zero-order valence-electron chi connectivity index (χ0n) is 15.4. The number of aromatic nitrogens is 2. The van der Waals surface area contributed by atoms with E-state index in [1.807, 2.05) is 6.92 Å². The van der Waals surface area contributed by atoms with Crippen LogP contribution in [0.2, 0.25) is 0 Å². The first-order valence-electron chi connectivity index (χ1n) is 9.21. The van der Waals surface area contributed by atoms with Crippen molar-refractivity contribution >= 4 is 11.6 Å². The predicted octanol–water partition coefficient (Wildman–Crippen LogP) is 2.56. The maximum atomic E-state index is 10.7. The summed E-state index contributed by atoms with van der Waals surface area (Å²) >= 11 is 0. The second-order valence-corrected chi connectivity index (χ2v) is 6.98. The third-order valence-corrected chi connectivity index (χ3v) is 4.83. The van der Waals surface area contributed by atoms with E-state index in [0.717, 1.165) is 24.3 Å². The number of rotatable bonds is 7. The van der Waals surface area contributed by atoms with Crippen molar-refractivity contribution in [3.8, 4) is 0 Å². The number of nitrogens with one attached hydrogen (secondary N) is 2. The van der Waals surface area contributed by atoms with Crippen molar-refractivity contribution in [2.75, 3.05) is 13.1 Å². The molecular formula is C17H30N6O2. The monoisotopic (exact) mass is 350 g/mol. The van der Waals surface area contributed by atoms with Crippen molar-refractivity contribution in [1.29, 1.82) is 0 Å². The van der Waals surface area contributed by atoms with Gasteiger partial charge in [-0.05, 0) is 44.4 Å². The second-order valence-electron chi connectivity index (χ2n) is 6.98. The van der Waals surface area contributed by atoms with E-state index in [1.165, 1.54) is 38.1 Å². The number of hydrogen-bond acceptors (Lipinski definition) is 4. The molecule has 140 valence electrons. The molecule has 8 nitrogen and oxygen atoms in total. The van der Waals surface area contributed by atoms with E-state index in [-0.39, 0.29) is 5.69 Å². The van der Waals surface area contributed by atoms with Crippen LogP contribution in [0.4, 0.5) is 5.69 Å². The minimum Gasteiger partial charge on any atom is -0.357 e. The number of nitro groups is 1. The highest BCUT2D eigenvalue weighted by Gasteiger charge is 2.23. The summed E-state index contributed by atoms with van der Waals surface area (Å²) in [7, 11) is 0. The van der Waals surface area contributed by atoms with Gasteiger partial charge < -0.3 is 10.6 Å². The van der Waals surface area contributed by atoms with Crippen LogP contribution in [-0.4, -0.2) is 39.8 Å². The first-order valence-corrected chi connectivity index (χ1v) is 9.21. The van der Waals surface area contributed by atoms with Gasteiger partial charge in [0.1, 0.15) is 12.4 Å². The smallest absolute Gasteiger partial charge is 0.306 e. The van der Waals surface area contributed by atoms with Crippen LogP contribution in [-0.2, 0) is 6.54 Å². The maximum absolute atomic E-state index is 10.7. The third-order valence-electron chi connectivity index (χ3n) is 4.83. The fraction of sp³-hybridized carbons (Fsp3) is 0.765. The van der Waals surface area contributed by atoms with Crippen LogP contribution < -0.4 is 10.6 Å². The van der Waals surface area contributed by atoms with Crippen molar-refractivity contribution in [3.63, 3.8) is 0 Å². The summed E-state index contributed by atoms with van der Waals surface area (Å²) in [5, 5.41) is 21.5. The standard InChI is InChI=1S/C17H30N6O2/c1-4-18-17(21-15-7-5-14(6-8-15)13(2)3)19-9-10-22-12-16(11-20-22)23(24)25/h11-15H,4-10H2,1-3H3,(H2,18,19,21). The molecule has 2 rings (SSSR count). The number of nitrogens with zero attached hydrogens (tertiary/aromatic N) is 4. The summed E-state index contributed by atoms with van der Waals surface area (Å²) in [6.45, 7) is 8.51. The van der Waals surface area contributed by atoms with E-state index >= 15 is 0 Å². The second kappa shape index (κ2) is 9.39. The van der Waals surface area contributed by atoms with E-state index in [0.29, 0.717) is 19.1 Å². The molecule has 1 aromatic heterocycles. The van der Waals surface area contributed by atoms with Crippen LogP contribution in [0.1, 0.15) is 46.5 Å². The lowest BCUT2D eigenvalue weighted by molar-refractivity contribution is -0.385. The van der Waals surface area contributed by atoms with Crippen LogP contribution >= 0.6 is 0 Å². The normalized spacial score (nSPS) is 21.4. The van der Waals surface area contributed by atoms with Gasteiger partial charge in [0.25, 0.3) is 0 Å². The van der Waals surface area contributed by atoms with Crippen LogP contribution in [0, 0.1) is 22.0 Å². The van der Waals surface area contributed by atoms with Crippen LogP contribution in [0.3, 0.4) is 0 Å². The third kappa shape index (κ3) is 6.03. The average Bonchev–Trinajstić information content (AvgIpc) is 3.05. The zero-order valence-corrected chi connectivity index (χ0v) is 15.4. The molecule has 2 N–H and O–H groups in total. The Morgan fingerprint density at radius 1 is 1.44 bits per heavy atom. The van der Waals surface area contributed by atoms with Gasteiger partial charge in [-0.15, -0.1) is 0 Å². The molecule has 8 heteroatoms. The molecule has 1 aromatic rings. The zero-order chi connectivity index (χ0) is 18.2. The molecule has 1 heterocycles. The molecule has 25 heavy (non-hydrogen) atoms. The lowest BCUT2D eigenvalue weighted by atomic mass is 9.80. The summed E-state index contributed by atoms with van der Waals surface area (Å²) < 4.78 is 1.55. The largest absolute Gasteiger partial charge is 0.357 e. The van der Waals surface area contributed by atoms with Crippen molar-refractivity contribution in [3.05, 3.63) is 22.5 Å². The summed E-state index contributed by atoms with van der Waals surface area (Å²) in [4.78, 5) is 14.8. The first kappa shape index (κ1) is 19.2. The Bertz CT molecular complexity index is 575. The van der Waals surface area contributed by atoms with Crippen LogP contribution in [0.15, 0.2) is 17.4 Å². The molecule has 0 atom stereocenters. The lowest BCUT2D eigenvalue weighted by Gasteiger charge is -2.32. The van der Waals surface area contributed by atoms with Gasteiger partial charge in [0.15, 0.2) is 5.96 Å². The average molecular weight is 350 g/mol. The Morgan fingerprint density at radius 2 is 2.16 bits per heavy atom. The molecule has 1 aliphatic rings. The van der Waals surface area contributed by atoms with Gasteiger partial charge in [-0.1, -0.05) is 13.8 Å². The van der Waals surface area contributed by atoms with Crippen molar-refractivity contribution in [1.82, 2.24) is 20.4 Å². The molecule has 0 radical (unpaired) electrons. The Hall–Kier alpha value is -2.12.